The summed E-state index contributed by atoms with van der Waals surface area (Å²) in [6.45, 7) is 11.7. The molecule has 3 N–H and O–H groups in total. The molecule has 0 aliphatic heterocycles. The van der Waals surface area contributed by atoms with Crippen LogP contribution < -0.4 is 0 Å². The summed E-state index contributed by atoms with van der Waals surface area (Å²) in [6.07, 6.45) is 45.4. The van der Waals surface area contributed by atoms with Crippen molar-refractivity contribution in [3.8, 4) is 0 Å². The monoisotopic (exact) mass is 1290 g/mol. The number of ether oxygens (including phenoxy) is 4. The van der Waals surface area contributed by atoms with Crippen LogP contribution in [0.1, 0.15) is 318 Å². The number of aliphatic hydroxyl groups excluding tert-OH is 1. The molecule has 6 atom stereocenters. The second-order valence-electron chi connectivity index (χ2n) is 25.4. The summed E-state index contributed by atoms with van der Waals surface area (Å²) in [6, 6.07) is 0. The number of esters is 4. The highest BCUT2D eigenvalue weighted by Gasteiger charge is 2.30. The van der Waals surface area contributed by atoms with Crippen molar-refractivity contribution in [1.82, 2.24) is 0 Å². The first kappa shape index (κ1) is 85.5. The van der Waals surface area contributed by atoms with Gasteiger partial charge in [-0.25, -0.2) is 9.13 Å². The van der Waals surface area contributed by atoms with E-state index in [4.69, 9.17) is 37.0 Å². The highest BCUT2D eigenvalue weighted by atomic mass is 31.2. The van der Waals surface area contributed by atoms with Gasteiger partial charge in [0.2, 0.25) is 0 Å². The molecule has 0 amide bonds. The molecular weight excluding hydrogens is 1160 g/mol. The van der Waals surface area contributed by atoms with Gasteiger partial charge < -0.3 is 33.8 Å². The highest BCUT2D eigenvalue weighted by molar-refractivity contribution is 7.47. The second kappa shape index (κ2) is 59.5. The van der Waals surface area contributed by atoms with Crippen LogP contribution in [-0.4, -0.2) is 96.7 Å². The van der Waals surface area contributed by atoms with Gasteiger partial charge in [0.25, 0.3) is 0 Å². The molecule has 0 fully saturated rings. The lowest BCUT2D eigenvalue weighted by Crippen LogP contribution is -2.30. The number of rotatable bonds is 65. The molecule has 0 heterocycles. The van der Waals surface area contributed by atoms with Crippen LogP contribution in [0.4, 0.5) is 0 Å². The fraction of sp³-hybridized carbons (Fsp3) is 0.884. The van der Waals surface area contributed by atoms with Gasteiger partial charge in [-0.3, -0.25) is 37.3 Å². The second-order valence-corrected chi connectivity index (χ2v) is 28.3. The number of phosphoric acid groups is 2. The summed E-state index contributed by atoms with van der Waals surface area (Å²) < 4.78 is 68.1. The first-order valence-electron chi connectivity index (χ1n) is 35.2. The summed E-state index contributed by atoms with van der Waals surface area (Å²) in [5.74, 6) is 0.0165. The van der Waals surface area contributed by atoms with Gasteiger partial charge in [-0.15, -0.1) is 0 Å². The number of hydrogen-bond donors (Lipinski definition) is 3. The minimum atomic E-state index is -4.96. The van der Waals surface area contributed by atoms with E-state index in [2.05, 4.69) is 72.8 Å². The Balaban J connectivity index is 5.28. The molecule has 0 aliphatic rings. The van der Waals surface area contributed by atoms with Crippen LogP contribution in [0.5, 0.6) is 0 Å². The average molecular weight is 1290 g/mol. The van der Waals surface area contributed by atoms with Gasteiger partial charge in [-0.2, -0.15) is 0 Å². The van der Waals surface area contributed by atoms with Crippen LogP contribution in [0.25, 0.3) is 0 Å². The molecule has 0 saturated carbocycles. The van der Waals surface area contributed by atoms with Crippen molar-refractivity contribution < 1.29 is 80.2 Å². The van der Waals surface area contributed by atoms with E-state index in [0.717, 1.165) is 127 Å². The van der Waals surface area contributed by atoms with Crippen molar-refractivity contribution in [1.29, 1.82) is 0 Å². The maximum absolute atomic E-state index is 13.0. The molecule has 88 heavy (non-hydrogen) atoms. The third-order valence-corrected chi connectivity index (χ3v) is 17.5. The van der Waals surface area contributed by atoms with Crippen molar-refractivity contribution in [2.45, 2.75) is 336 Å². The van der Waals surface area contributed by atoms with E-state index in [1.165, 1.54) is 103 Å². The van der Waals surface area contributed by atoms with Gasteiger partial charge >= 0.3 is 39.5 Å². The molecule has 0 aromatic carbocycles. The van der Waals surface area contributed by atoms with E-state index in [0.29, 0.717) is 31.6 Å². The molecule has 19 heteroatoms. The zero-order chi connectivity index (χ0) is 65.2. The summed E-state index contributed by atoms with van der Waals surface area (Å²) in [4.78, 5) is 72.4. The minimum Gasteiger partial charge on any atom is -0.462 e. The van der Waals surface area contributed by atoms with Crippen molar-refractivity contribution in [3.05, 3.63) is 24.3 Å². The van der Waals surface area contributed by atoms with Gasteiger partial charge in [0.1, 0.15) is 19.3 Å². The number of allylic oxidation sites excluding steroid dienone is 4. The van der Waals surface area contributed by atoms with E-state index < -0.39 is 97.5 Å². The molecule has 0 aromatic rings. The number of aliphatic hydroxyl groups is 1. The normalized spacial score (nSPS) is 14.7. The van der Waals surface area contributed by atoms with Gasteiger partial charge in [-0.05, 0) is 69.1 Å². The minimum absolute atomic E-state index is 0.0975. The largest absolute Gasteiger partial charge is 0.472 e. The summed E-state index contributed by atoms with van der Waals surface area (Å²) >= 11 is 0. The maximum Gasteiger partial charge on any atom is 0.472 e. The summed E-state index contributed by atoms with van der Waals surface area (Å²) in [5.41, 5.74) is 0. The third-order valence-electron chi connectivity index (χ3n) is 15.6. The lowest BCUT2D eigenvalue weighted by molar-refractivity contribution is -0.161. The highest BCUT2D eigenvalue weighted by Crippen LogP contribution is 2.45. The topological polar surface area (TPSA) is 237 Å². The van der Waals surface area contributed by atoms with Crippen LogP contribution in [0.15, 0.2) is 24.3 Å². The average Bonchev–Trinajstić information content (AvgIpc) is 3.64. The molecule has 3 unspecified atom stereocenters. The zero-order valence-corrected chi connectivity index (χ0v) is 58.5. The molecule has 0 aliphatic carbocycles. The van der Waals surface area contributed by atoms with E-state index in [-0.39, 0.29) is 25.7 Å². The van der Waals surface area contributed by atoms with E-state index in [1.54, 1.807) is 0 Å². The van der Waals surface area contributed by atoms with E-state index >= 15 is 0 Å². The van der Waals surface area contributed by atoms with Crippen molar-refractivity contribution in [2.24, 2.45) is 17.8 Å². The molecule has 17 nitrogen and oxygen atoms in total. The van der Waals surface area contributed by atoms with Gasteiger partial charge in [0.05, 0.1) is 26.4 Å². The lowest BCUT2D eigenvalue weighted by atomic mass is 9.99. The fourth-order valence-electron chi connectivity index (χ4n) is 9.79. The van der Waals surface area contributed by atoms with Crippen molar-refractivity contribution in [3.63, 3.8) is 0 Å². The molecule has 0 bridgehead atoms. The smallest absolute Gasteiger partial charge is 0.462 e. The first-order valence-corrected chi connectivity index (χ1v) is 38.2. The molecule has 518 valence electrons. The predicted molar refractivity (Wildman–Crippen MR) is 354 cm³/mol. The number of carbonyl (C=O) groups is 4. The van der Waals surface area contributed by atoms with Crippen molar-refractivity contribution in [2.75, 3.05) is 39.6 Å². The van der Waals surface area contributed by atoms with Crippen LogP contribution in [0.3, 0.4) is 0 Å². The molecule has 0 radical (unpaired) electrons. The quantitative estimate of drug-likeness (QED) is 0.0169. The predicted octanol–water partition coefficient (Wildman–Crippen LogP) is 19.0. The summed E-state index contributed by atoms with van der Waals surface area (Å²) in [5, 5.41) is 10.6. The molecular formula is C69H130O17P2. The molecule has 0 spiro atoms. The third kappa shape index (κ3) is 61.1. The number of unbranched alkanes of at least 4 members (excludes halogenated alkanes) is 29. The zero-order valence-electron chi connectivity index (χ0n) is 56.7. The summed E-state index contributed by atoms with van der Waals surface area (Å²) in [7, 11) is -9.91. The van der Waals surface area contributed by atoms with Crippen LogP contribution in [-0.2, 0) is 65.4 Å². The van der Waals surface area contributed by atoms with Crippen molar-refractivity contribution >= 4 is 39.5 Å². The number of hydrogen-bond acceptors (Lipinski definition) is 15. The SMILES string of the molecule is CCCCCC/C=C\C=C/CCCCCCCC(=O)OC[C@H](COP(=O)(O)OC[C@@H](O)COP(=O)(O)OC[C@@H](COC(=O)CCCCCCCCC(C)C)OC(=O)CCCCCCCCCCCC(C)C)OC(=O)CCCCCCCCCCC(C)CC. The Kier molecular flexibility index (Phi) is 57.9. The fourth-order valence-corrected chi connectivity index (χ4v) is 11.4. The van der Waals surface area contributed by atoms with E-state index in [9.17, 15) is 43.2 Å². The Hall–Kier alpha value is -2.46. The first-order chi connectivity index (χ1) is 42.3. The molecule has 0 aromatic heterocycles. The maximum atomic E-state index is 13.0. The van der Waals surface area contributed by atoms with Gasteiger partial charge in [0.15, 0.2) is 12.2 Å². The Labute approximate surface area is 535 Å². The Bertz CT molecular complexity index is 1830. The molecule has 0 rings (SSSR count). The number of carbonyl (C=O) groups excluding carboxylic acids is 4. The Morgan fingerprint density at radius 1 is 0.375 bits per heavy atom. The van der Waals surface area contributed by atoms with Crippen LogP contribution in [0, 0.1) is 17.8 Å². The Morgan fingerprint density at radius 2 is 0.670 bits per heavy atom. The van der Waals surface area contributed by atoms with E-state index in [1.807, 2.05) is 0 Å². The van der Waals surface area contributed by atoms with Crippen LogP contribution >= 0.6 is 15.6 Å². The molecule has 0 saturated heterocycles. The standard InChI is InChI=1S/C69H130O17P2/c1-8-10-11-12-13-14-15-16-17-18-19-22-28-36-43-50-66(71)79-56-64(86-69(74)53-46-39-30-25-24-27-35-42-49-62(7)9-2)58-83-87(75,76)81-54-63(70)55-82-88(77,78)84-59-65(57-80-67(72)51-44-37-32-31-34-41-48-61(5)6)85-68(73)52-45-38-29-23-20-21-26-33-40-47-60(3)4/h14-17,60-65,70H,8-13,18-59H2,1-7H3,(H,75,76)(H,77,78)/b15-14-,17-16-/t62?,63-,64-,65-/m1/s1. The number of phosphoric ester groups is 2. The van der Waals surface area contributed by atoms with Gasteiger partial charge in [0, 0.05) is 25.7 Å². The lowest BCUT2D eigenvalue weighted by Gasteiger charge is -2.21. The van der Waals surface area contributed by atoms with Crippen LogP contribution in [0.2, 0.25) is 0 Å². The Morgan fingerprint density at radius 3 is 1.01 bits per heavy atom. The van der Waals surface area contributed by atoms with Gasteiger partial charge in [-0.1, -0.05) is 265 Å².